The zero-order valence-corrected chi connectivity index (χ0v) is 10.5. The van der Waals surface area contributed by atoms with E-state index < -0.39 is 0 Å². The van der Waals surface area contributed by atoms with E-state index in [0.29, 0.717) is 12.1 Å². The van der Waals surface area contributed by atoms with E-state index in [0.717, 1.165) is 11.8 Å². The first-order chi connectivity index (χ1) is 7.65. The maximum Gasteiger partial charge on any atom is 0.0518 e. The van der Waals surface area contributed by atoms with E-state index in [1.54, 1.807) is 0 Å². The van der Waals surface area contributed by atoms with Crippen molar-refractivity contribution >= 4 is 0 Å². The van der Waals surface area contributed by atoms with Crippen LogP contribution in [0.3, 0.4) is 0 Å². The number of aromatic nitrogens is 2. The van der Waals surface area contributed by atoms with Crippen LogP contribution in [0.5, 0.6) is 0 Å². The van der Waals surface area contributed by atoms with Crippen LogP contribution in [0.4, 0.5) is 0 Å². The van der Waals surface area contributed by atoms with E-state index in [4.69, 9.17) is 0 Å². The van der Waals surface area contributed by atoms with Crippen LogP contribution in [0.25, 0.3) is 0 Å². The van der Waals surface area contributed by atoms with Crippen LogP contribution in [0, 0.1) is 11.8 Å². The fraction of sp³-hybridized carbons (Fsp3) is 0.769. The molecule has 1 fully saturated rings. The maximum atomic E-state index is 4.00. The molecule has 2 rings (SSSR count). The third-order valence-electron chi connectivity index (χ3n) is 3.65. The van der Waals surface area contributed by atoms with Gasteiger partial charge in [-0.1, -0.05) is 13.8 Å². The lowest BCUT2D eigenvalue weighted by Gasteiger charge is -2.33. The Labute approximate surface area is 98.0 Å². The van der Waals surface area contributed by atoms with Crippen molar-refractivity contribution in [3.8, 4) is 0 Å². The van der Waals surface area contributed by atoms with Gasteiger partial charge >= 0.3 is 0 Å². The van der Waals surface area contributed by atoms with E-state index in [1.165, 1.54) is 25.0 Å². The zero-order valence-electron chi connectivity index (χ0n) is 10.5. The second-order valence-corrected chi connectivity index (χ2v) is 5.51. The molecule has 3 nitrogen and oxygen atoms in total. The first kappa shape index (κ1) is 11.6. The Hall–Kier alpha value is -0.830. The molecule has 0 saturated heterocycles. The summed E-state index contributed by atoms with van der Waals surface area (Å²) < 4.78 is 0. The molecule has 0 radical (unpaired) electrons. The molecule has 0 aliphatic heterocycles. The first-order valence-electron chi connectivity index (χ1n) is 6.40. The smallest absolute Gasteiger partial charge is 0.0518 e. The van der Waals surface area contributed by atoms with Crippen molar-refractivity contribution in [3.05, 3.63) is 18.0 Å². The van der Waals surface area contributed by atoms with E-state index in [2.05, 4.69) is 36.3 Å². The third kappa shape index (κ3) is 2.85. The molecule has 90 valence electrons. The van der Waals surface area contributed by atoms with Gasteiger partial charge in [0, 0.05) is 18.3 Å². The first-order valence-corrected chi connectivity index (χ1v) is 6.40. The molecule has 1 aliphatic carbocycles. The molecule has 2 N–H and O–H groups in total. The molecule has 16 heavy (non-hydrogen) atoms. The summed E-state index contributed by atoms with van der Waals surface area (Å²) in [5, 5.41) is 10.7. The molecule has 0 aromatic carbocycles. The lowest BCUT2D eigenvalue weighted by Crippen LogP contribution is -2.37. The van der Waals surface area contributed by atoms with Crippen LogP contribution < -0.4 is 5.32 Å². The predicted molar refractivity (Wildman–Crippen MR) is 66.1 cm³/mol. The molecule has 0 amide bonds. The highest BCUT2D eigenvalue weighted by molar-refractivity contribution is 5.03. The Morgan fingerprint density at radius 1 is 1.31 bits per heavy atom. The fourth-order valence-electron chi connectivity index (χ4n) is 3.03. The summed E-state index contributed by atoms with van der Waals surface area (Å²) in [5.74, 6) is 1.71. The molecule has 0 spiro atoms. The summed E-state index contributed by atoms with van der Waals surface area (Å²) in [6, 6.07) is 3.09. The largest absolute Gasteiger partial charge is 0.306 e. The molecule has 3 heteroatoms. The van der Waals surface area contributed by atoms with Crippen molar-refractivity contribution in [2.75, 3.05) is 0 Å². The number of hydrogen-bond acceptors (Lipinski definition) is 2. The van der Waals surface area contributed by atoms with E-state index in [9.17, 15) is 0 Å². The van der Waals surface area contributed by atoms with Crippen LogP contribution in [0.2, 0.25) is 0 Å². The summed E-state index contributed by atoms with van der Waals surface area (Å²) in [4.78, 5) is 0. The lowest BCUT2D eigenvalue weighted by atomic mass is 9.80. The van der Waals surface area contributed by atoms with Crippen molar-refractivity contribution in [2.24, 2.45) is 11.8 Å². The Kier molecular flexibility index (Phi) is 3.64. The highest BCUT2D eigenvalue weighted by Crippen LogP contribution is 2.29. The summed E-state index contributed by atoms with van der Waals surface area (Å²) in [7, 11) is 0. The van der Waals surface area contributed by atoms with E-state index >= 15 is 0 Å². The van der Waals surface area contributed by atoms with Crippen molar-refractivity contribution in [3.63, 3.8) is 0 Å². The molecule has 1 heterocycles. The Bertz CT molecular complexity index is 297. The van der Waals surface area contributed by atoms with Crippen LogP contribution >= 0.6 is 0 Å². The maximum absolute atomic E-state index is 4.00. The third-order valence-corrected chi connectivity index (χ3v) is 3.65. The van der Waals surface area contributed by atoms with Gasteiger partial charge in [0.15, 0.2) is 0 Å². The number of H-pyrrole nitrogens is 1. The van der Waals surface area contributed by atoms with Gasteiger partial charge in [-0.15, -0.1) is 0 Å². The Morgan fingerprint density at radius 3 is 2.56 bits per heavy atom. The second-order valence-electron chi connectivity index (χ2n) is 5.51. The molecule has 1 aliphatic rings. The SMILES string of the molecule is CC1CC(C)CC(NC(C)c2ccn[nH]2)C1. The van der Waals surface area contributed by atoms with Gasteiger partial charge in [0.1, 0.15) is 0 Å². The predicted octanol–water partition coefficient (Wildman–Crippen LogP) is 2.89. The summed E-state index contributed by atoms with van der Waals surface area (Å²) in [5.41, 5.74) is 1.19. The van der Waals surface area contributed by atoms with Gasteiger partial charge in [0.25, 0.3) is 0 Å². The molecular weight excluding hydrogens is 198 g/mol. The second kappa shape index (κ2) is 5.00. The monoisotopic (exact) mass is 221 g/mol. The minimum absolute atomic E-state index is 0.380. The number of nitrogens with one attached hydrogen (secondary N) is 2. The summed E-state index contributed by atoms with van der Waals surface area (Å²) in [6.45, 7) is 6.94. The number of hydrogen-bond donors (Lipinski definition) is 2. The average molecular weight is 221 g/mol. The number of nitrogens with zero attached hydrogens (tertiary/aromatic N) is 1. The minimum atomic E-state index is 0.380. The number of rotatable bonds is 3. The van der Waals surface area contributed by atoms with Crippen molar-refractivity contribution in [1.82, 2.24) is 15.5 Å². The van der Waals surface area contributed by atoms with Crippen LogP contribution in [0.15, 0.2) is 12.3 Å². The minimum Gasteiger partial charge on any atom is -0.306 e. The molecular formula is C13H23N3. The molecule has 1 saturated carbocycles. The average Bonchev–Trinajstić information content (AvgIpc) is 2.68. The molecule has 3 atom stereocenters. The van der Waals surface area contributed by atoms with Crippen LogP contribution in [-0.4, -0.2) is 16.2 Å². The lowest BCUT2D eigenvalue weighted by molar-refractivity contribution is 0.227. The standard InChI is InChI=1S/C13H23N3/c1-9-6-10(2)8-12(7-9)15-11(3)13-4-5-14-16-13/h4-5,9-12,15H,6-8H2,1-3H3,(H,14,16). The molecule has 0 bridgehead atoms. The Morgan fingerprint density at radius 2 is 2.00 bits per heavy atom. The summed E-state index contributed by atoms with van der Waals surface area (Å²) >= 11 is 0. The Balaban J connectivity index is 1.89. The van der Waals surface area contributed by atoms with Crippen molar-refractivity contribution in [1.29, 1.82) is 0 Å². The van der Waals surface area contributed by atoms with Crippen molar-refractivity contribution < 1.29 is 0 Å². The molecule has 1 aromatic heterocycles. The highest BCUT2D eigenvalue weighted by atomic mass is 15.1. The number of aromatic amines is 1. The fourth-order valence-corrected chi connectivity index (χ4v) is 3.03. The summed E-state index contributed by atoms with van der Waals surface area (Å²) in [6.07, 6.45) is 5.82. The quantitative estimate of drug-likeness (QED) is 0.824. The van der Waals surface area contributed by atoms with Crippen LogP contribution in [-0.2, 0) is 0 Å². The van der Waals surface area contributed by atoms with Gasteiger partial charge in [-0.05, 0) is 44.1 Å². The molecule has 1 aromatic rings. The van der Waals surface area contributed by atoms with Crippen molar-refractivity contribution in [2.45, 2.75) is 52.1 Å². The van der Waals surface area contributed by atoms with Gasteiger partial charge < -0.3 is 5.32 Å². The van der Waals surface area contributed by atoms with Crippen LogP contribution in [0.1, 0.15) is 51.8 Å². The van der Waals surface area contributed by atoms with E-state index in [1.807, 2.05) is 12.3 Å². The highest BCUT2D eigenvalue weighted by Gasteiger charge is 2.25. The van der Waals surface area contributed by atoms with Gasteiger partial charge in [-0.25, -0.2) is 0 Å². The van der Waals surface area contributed by atoms with E-state index in [-0.39, 0.29) is 0 Å². The zero-order chi connectivity index (χ0) is 11.5. The van der Waals surface area contributed by atoms with Gasteiger partial charge in [-0.3, -0.25) is 5.10 Å². The van der Waals surface area contributed by atoms with Gasteiger partial charge in [0.2, 0.25) is 0 Å². The topological polar surface area (TPSA) is 40.7 Å². The molecule has 3 unspecified atom stereocenters. The normalized spacial score (nSPS) is 32.6. The van der Waals surface area contributed by atoms with Gasteiger partial charge in [0.05, 0.1) is 5.69 Å². The van der Waals surface area contributed by atoms with Gasteiger partial charge in [-0.2, -0.15) is 5.10 Å².